The van der Waals surface area contributed by atoms with E-state index in [9.17, 15) is 9.00 Å². The molecule has 0 saturated heterocycles. The number of carbonyl (C=O) groups is 1. The van der Waals surface area contributed by atoms with Crippen molar-refractivity contribution in [3.05, 3.63) is 33.8 Å². The van der Waals surface area contributed by atoms with Gasteiger partial charge in [0, 0.05) is 27.1 Å². The van der Waals surface area contributed by atoms with Gasteiger partial charge in [-0.05, 0) is 24.1 Å². The minimum atomic E-state index is -1.14. The van der Waals surface area contributed by atoms with Crippen molar-refractivity contribution in [3.8, 4) is 0 Å². The Morgan fingerprint density at radius 2 is 2.06 bits per heavy atom. The molecule has 18 heavy (non-hydrogen) atoms. The van der Waals surface area contributed by atoms with E-state index in [-0.39, 0.29) is 11.5 Å². The summed E-state index contributed by atoms with van der Waals surface area (Å²) in [6.07, 6.45) is 0.960. The fourth-order valence-corrected chi connectivity index (χ4v) is 3.38. The van der Waals surface area contributed by atoms with Gasteiger partial charge in [-0.3, -0.25) is 9.00 Å². The van der Waals surface area contributed by atoms with Crippen molar-refractivity contribution in [2.45, 2.75) is 20.3 Å². The summed E-state index contributed by atoms with van der Waals surface area (Å²) in [5, 5.41) is 0.797. The van der Waals surface area contributed by atoms with Gasteiger partial charge in [0.05, 0.1) is 10.8 Å². The normalized spacial score (nSPS) is 14.2. The maximum Gasteiger partial charge on any atom is 0.176 e. The maximum atomic E-state index is 11.9. The largest absolute Gasteiger partial charge is 0.293 e. The number of hydrogen-bond acceptors (Lipinski definition) is 2. The lowest BCUT2D eigenvalue weighted by molar-refractivity contribution is 0.102. The molecule has 5 heteroatoms. The first-order chi connectivity index (χ1) is 8.43. The Morgan fingerprint density at radius 1 is 1.39 bits per heavy atom. The van der Waals surface area contributed by atoms with E-state index < -0.39 is 10.8 Å². The maximum absolute atomic E-state index is 11.9. The van der Waals surface area contributed by atoms with Crippen molar-refractivity contribution in [2.24, 2.45) is 5.92 Å². The van der Waals surface area contributed by atoms with Crippen LogP contribution in [-0.2, 0) is 10.8 Å². The van der Waals surface area contributed by atoms with E-state index in [1.807, 2.05) is 13.8 Å². The molecule has 0 aliphatic rings. The van der Waals surface area contributed by atoms with E-state index in [0.29, 0.717) is 27.3 Å². The van der Waals surface area contributed by atoms with Gasteiger partial charge >= 0.3 is 0 Å². The van der Waals surface area contributed by atoms with Crippen LogP contribution in [0.5, 0.6) is 0 Å². The highest BCUT2D eigenvalue weighted by molar-refractivity contribution is 7.85. The van der Waals surface area contributed by atoms with Gasteiger partial charge in [-0.2, -0.15) is 0 Å². The Morgan fingerprint density at radius 3 is 2.61 bits per heavy atom. The molecule has 1 aromatic rings. The van der Waals surface area contributed by atoms with Crippen molar-refractivity contribution in [1.29, 1.82) is 0 Å². The third-order valence-electron chi connectivity index (χ3n) is 2.69. The Hall–Kier alpha value is -0.380. The molecule has 0 N–H and O–H groups in total. The summed E-state index contributed by atoms with van der Waals surface area (Å²) in [4.78, 5) is 11.9. The van der Waals surface area contributed by atoms with E-state index in [4.69, 9.17) is 23.2 Å². The molecule has 0 amide bonds. The average Bonchev–Trinajstić information content (AvgIpc) is 2.28. The van der Waals surface area contributed by atoms with Crippen molar-refractivity contribution in [1.82, 2.24) is 0 Å². The number of benzene rings is 1. The Labute approximate surface area is 120 Å². The summed E-state index contributed by atoms with van der Waals surface area (Å²) >= 11 is 11.7. The van der Waals surface area contributed by atoms with E-state index in [1.165, 1.54) is 6.07 Å². The molecule has 0 fully saturated rings. The molecule has 0 aliphatic heterocycles. The SMILES string of the molecule is CCC(C)CS(=O)CC(=O)c1ccc(Cl)cc1Cl. The second-order valence-electron chi connectivity index (χ2n) is 4.31. The molecular formula is C13H16Cl2O2S. The summed E-state index contributed by atoms with van der Waals surface area (Å²) in [6, 6.07) is 4.71. The van der Waals surface area contributed by atoms with Crippen LogP contribution in [0.4, 0.5) is 0 Å². The number of carbonyl (C=O) groups excluding carboxylic acids is 1. The first-order valence-electron chi connectivity index (χ1n) is 5.77. The molecule has 1 rings (SSSR count). The first-order valence-corrected chi connectivity index (χ1v) is 8.01. The third-order valence-corrected chi connectivity index (χ3v) is 4.76. The van der Waals surface area contributed by atoms with Gasteiger partial charge in [0.1, 0.15) is 0 Å². The van der Waals surface area contributed by atoms with Crippen LogP contribution in [0.25, 0.3) is 0 Å². The third kappa shape index (κ3) is 4.71. The number of rotatable bonds is 6. The molecule has 100 valence electrons. The fourth-order valence-electron chi connectivity index (χ4n) is 1.43. The molecule has 0 aliphatic carbocycles. The van der Waals surface area contributed by atoms with Crippen molar-refractivity contribution in [3.63, 3.8) is 0 Å². The van der Waals surface area contributed by atoms with Gasteiger partial charge in [-0.1, -0.05) is 43.5 Å². The van der Waals surface area contributed by atoms with Crippen LogP contribution in [0, 0.1) is 5.92 Å². The van der Waals surface area contributed by atoms with E-state index >= 15 is 0 Å². The summed E-state index contributed by atoms with van der Waals surface area (Å²) in [5.41, 5.74) is 0.388. The first kappa shape index (κ1) is 15.7. The summed E-state index contributed by atoms with van der Waals surface area (Å²) in [5.74, 6) is 0.733. The molecule has 0 bridgehead atoms. The zero-order valence-corrected chi connectivity index (χ0v) is 12.7. The van der Waals surface area contributed by atoms with Crippen LogP contribution in [-0.4, -0.2) is 21.5 Å². The van der Waals surface area contributed by atoms with Crippen LogP contribution < -0.4 is 0 Å². The van der Waals surface area contributed by atoms with Crippen LogP contribution >= 0.6 is 23.2 Å². The number of Topliss-reactive ketones (excluding diaryl/α,β-unsaturated/α-hetero) is 1. The quantitative estimate of drug-likeness (QED) is 0.745. The number of ketones is 1. The van der Waals surface area contributed by atoms with E-state index in [1.54, 1.807) is 12.1 Å². The molecule has 2 atom stereocenters. The second kappa shape index (κ2) is 7.27. The van der Waals surface area contributed by atoms with Crippen molar-refractivity contribution >= 4 is 39.8 Å². The van der Waals surface area contributed by atoms with Gasteiger partial charge in [-0.25, -0.2) is 0 Å². The van der Waals surface area contributed by atoms with Gasteiger partial charge < -0.3 is 0 Å². The zero-order valence-electron chi connectivity index (χ0n) is 10.4. The Bertz CT molecular complexity index is 460. The lowest BCUT2D eigenvalue weighted by Gasteiger charge is -2.08. The highest BCUT2D eigenvalue weighted by atomic mass is 35.5. The van der Waals surface area contributed by atoms with Crippen molar-refractivity contribution < 1.29 is 9.00 Å². The van der Waals surface area contributed by atoms with E-state index in [2.05, 4.69) is 0 Å². The smallest absolute Gasteiger partial charge is 0.176 e. The average molecular weight is 307 g/mol. The summed E-state index contributed by atoms with van der Waals surface area (Å²) < 4.78 is 11.8. The number of hydrogen-bond donors (Lipinski definition) is 0. The Balaban J connectivity index is 2.68. The minimum Gasteiger partial charge on any atom is -0.293 e. The van der Waals surface area contributed by atoms with Gasteiger partial charge in [0.25, 0.3) is 0 Å². The predicted octanol–water partition coefficient (Wildman–Crippen LogP) is 3.97. The summed E-state index contributed by atoms with van der Waals surface area (Å²) in [6.45, 7) is 4.07. The zero-order chi connectivity index (χ0) is 13.7. The molecule has 2 nitrogen and oxygen atoms in total. The molecule has 0 saturated carbocycles. The van der Waals surface area contributed by atoms with Crippen molar-refractivity contribution in [2.75, 3.05) is 11.5 Å². The van der Waals surface area contributed by atoms with Gasteiger partial charge in [0.2, 0.25) is 0 Å². The molecule has 1 aromatic carbocycles. The van der Waals surface area contributed by atoms with Crippen LogP contribution in [0.15, 0.2) is 18.2 Å². The molecule has 2 unspecified atom stereocenters. The monoisotopic (exact) mass is 306 g/mol. The van der Waals surface area contributed by atoms with Crippen LogP contribution in [0.1, 0.15) is 30.6 Å². The van der Waals surface area contributed by atoms with Crippen LogP contribution in [0.3, 0.4) is 0 Å². The highest BCUT2D eigenvalue weighted by Crippen LogP contribution is 2.21. The topological polar surface area (TPSA) is 34.1 Å². The van der Waals surface area contributed by atoms with E-state index in [0.717, 1.165) is 6.42 Å². The van der Waals surface area contributed by atoms with Crippen LogP contribution in [0.2, 0.25) is 10.0 Å². The molecule has 0 aromatic heterocycles. The lowest BCUT2D eigenvalue weighted by Crippen LogP contribution is -2.17. The fraction of sp³-hybridized carbons (Fsp3) is 0.462. The second-order valence-corrected chi connectivity index (χ2v) is 6.66. The molecule has 0 spiro atoms. The lowest BCUT2D eigenvalue weighted by atomic mass is 10.1. The van der Waals surface area contributed by atoms with Gasteiger partial charge in [-0.15, -0.1) is 0 Å². The molecular weight excluding hydrogens is 291 g/mol. The predicted molar refractivity (Wildman–Crippen MR) is 78.1 cm³/mol. The summed E-state index contributed by atoms with van der Waals surface area (Å²) in [7, 11) is -1.14. The minimum absolute atomic E-state index is 0.0195. The Kier molecular flexibility index (Phi) is 6.33. The molecule has 0 radical (unpaired) electrons. The number of halogens is 2. The standard InChI is InChI=1S/C13H16Cl2O2S/c1-3-9(2)7-18(17)8-13(16)11-5-4-10(14)6-12(11)15/h4-6,9H,3,7-8H2,1-2H3. The molecule has 0 heterocycles. The highest BCUT2D eigenvalue weighted by Gasteiger charge is 2.15. The van der Waals surface area contributed by atoms with Gasteiger partial charge in [0.15, 0.2) is 5.78 Å².